The Labute approximate surface area is 164 Å². The lowest BCUT2D eigenvalue weighted by atomic mass is 10.2. The number of hydrogen-bond acceptors (Lipinski definition) is 5. The number of hydrogen-bond donors (Lipinski definition) is 2. The Kier molecular flexibility index (Phi) is 9.67. The van der Waals surface area contributed by atoms with Gasteiger partial charge in [0.25, 0.3) is 0 Å². The van der Waals surface area contributed by atoms with Gasteiger partial charge in [0, 0.05) is 42.8 Å². The molecule has 0 bridgehead atoms. The fourth-order valence-electron chi connectivity index (χ4n) is 2.36. The van der Waals surface area contributed by atoms with Gasteiger partial charge in [-0.15, -0.1) is 24.8 Å². The number of pyridine rings is 1. The van der Waals surface area contributed by atoms with Crippen LogP contribution in [0.2, 0.25) is 0 Å². The van der Waals surface area contributed by atoms with Crippen molar-refractivity contribution < 1.29 is 9.53 Å². The van der Waals surface area contributed by atoms with Crippen molar-refractivity contribution >= 4 is 48.2 Å². The highest BCUT2D eigenvalue weighted by Crippen LogP contribution is 2.28. The number of thioether (sulfide) groups is 1. The number of aromatic nitrogens is 1. The van der Waals surface area contributed by atoms with Crippen LogP contribution in [0, 0.1) is 0 Å². The van der Waals surface area contributed by atoms with Crippen molar-refractivity contribution in [1.29, 1.82) is 0 Å². The maximum Gasteiger partial charge on any atom is 0.226 e. The molecule has 1 fully saturated rings. The molecular weight excluding hydrogens is 381 g/mol. The molecule has 1 atom stereocenters. The molecule has 1 unspecified atom stereocenters. The van der Waals surface area contributed by atoms with Gasteiger partial charge in [-0.1, -0.05) is 18.2 Å². The number of ether oxygens (including phenoxy) is 1. The summed E-state index contributed by atoms with van der Waals surface area (Å²) in [6, 6.07) is 11.4. The number of rotatable bonds is 5. The molecule has 2 heterocycles. The van der Waals surface area contributed by atoms with Crippen molar-refractivity contribution in [3.05, 3.63) is 48.8 Å². The van der Waals surface area contributed by atoms with E-state index < -0.39 is 0 Å². The molecule has 0 spiro atoms. The molecule has 1 aromatic carbocycles. The van der Waals surface area contributed by atoms with Crippen LogP contribution in [0.25, 0.3) is 0 Å². The number of carbonyl (C=O) groups excluding carboxylic acids is 1. The standard InChI is InChI=1S/C17H19N3O2S.2ClH/c21-17(10-13-12-23-9-8-19-13)20-15-11-18-7-6-16(15)22-14-4-2-1-3-5-14;;/h1-7,11,13,19H,8-10,12H2,(H,20,21);2*1H. The lowest BCUT2D eigenvalue weighted by Gasteiger charge is -2.22. The van der Waals surface area contributed by atoms with Gasteiger partial charge in [0.1, 0.15) is 11.4 Å². The molecule has 3 rings (SSSR count). The SMILES string of the molecule is Cl.Cl.O=C(CC1CSCCN1)Nc1cnccc1Oc1ccccc1. The van der Waals surface area contributed by atoms with Crippen LogP contribution in [0.1, 0.15) is 6.42 Å². The number of halogens is 2. The van der Waals surface area contributed by atoms with E-state index in [1.54, 1.807) is 18.5 Å². The smallest absolute Gasteiger partial charge is 0.226 e. The van der Waals surface area contributed by atoms with Gasteiger partial charge in [0.15, 0.2) is 5.75 Å². The van der Waals surface area contributed by atoms with E-state index in [0.717, 1.165) is 23.8 Å². The number of amides is 1. The minimum atomic E-state index is -0.0316. The summed E-state index contributed by atoms with van der Waals surface area (Å²) in [5.41, 5.74) is 0.588. The molecule has 1 saturated heterocycles. The van der Waals surface area contributed by atoms with Crippen molar-refractivity contribution in [2.45, 2.75) is 12.5 Å². The third-order valence-corrected chi connectivity index (χ3v) is 4.59. The fourth-order valence-corrected chi connectivity index (χ4v) is 3.31. The van der Waals surface area contributed by atoms with Crippen LogP contribution < -0.4 is 15.4 Å². The lowest BCUT2D eigenvalue weighted by molar-refractivity contribution is -0.116. The van der Waals surface area contributed by atoms with Crippen LogP contribution >= 0.6 is 36.6 Å². The number of anilines is 1. The third-order valence-electron chi connectivity index (χ3n) is 3.46. The largest absolute Gasteiger partial charge is 0.455 e. The molecule has 136 valence electrons. The second-order valence-electron chi connectivity index (χ2n) is 5.27. The van der Waals surface area contributed by atoms with E-state index in [-0.39, 0.29) is 36.8 Å². The topological polar surface area (TPSA) is 63.2 Å². The Morgan fingerprint density at radius 2 is 2.08 bits per heavy atom. The zero-order valence-electron chi connectivity index (χ0n) is 13.5. The Bertz CT molecular complexity index is 655. The molecule has 0 saturated carbocycles. The van der Waals surface area contributed by atoms with Gasteiger partial charge in [-0.2, -0.15) is 11.8 Å². The molecule has 1 aliphatic rings. The van der Waals surface area contributed by atoms with E-state index in [1.807, 2.05) is 42.1 Å². The zero-order chi connectivity index (χ0) is 15.9. The van der Waals surface area contributed by atoms with Crippen LogP contribution in [0.3, 0.4) is 0 Å². The van der Waals surface area contributed by atoms with Gasteiger partial charge in [-0.3, -0.25) is 9.78 Å². The molecule has 0 radical (unpaired) electrons. The zero-order valence-corrected chi connectivity index (χ0v) is 16.0. The van der Waals surface area contributed by atoms with Crippen molar-refractivity contribution in [2.24, 2.45) is 0 Å². The molecular formula is C17H21Cl2N3O2S. The molecule has 8 heteroatoms. The van der Waals surface area contributed by atoms with Gasteiger partial charge < -0.3 is 15.4 Å². The van der Waals surface area contributed by atoms with Crippen LogP contribution in [-0.2, 0) is 4.79 Å². The Morgan fingerprint density at radius 3 is 2.80 bits per heavy atom. The number of benzene rings is 1. The first-order chi connectivity index (χ1) is 11.3. The van der Waals surface area contributed by atoms with Gasteiger partial charge >= 0.3 is 0 Å². The fraction of sp³-hybridized carbons (Fsp3) is 0.294. The van der Waals surface area contributed by atoms with Crippen molar-refractivity contribution in [3.63, 3.8) is 0 Å². The van der Waals surface area contributed by atoms with E-state index in [9.17, 15) is 4.79 Å². The van der Waals surface area contributed by atoms with Crippen LogP contribution in [0.5, 0.6) is 11.5 Å². The number of nitrogens with one attached hydrogen (secondary N) is 2. The van der Waals surface area contributed by atoms with E-state index >= 15 is 0 Å². The summed E-state index contributed by atoms with van der Waals surface area (Å²) in [4.78, 5) is 16.3. The van der Waals surface area contributed by atoms with E-state index in [2.05, 4.69) is 15.6 Å². The second-order valence-corrected chi connectivity index (χ2v) is 6.42. The monoisotopic (exact) mass is 401 g/mol. The average Bonchev–Trinajstić information content (AvgIpc) is 2.58. The Balaban J connectivity index is 0.00000156. The first-order valence-electron chi connectivity index (χ1n) is 7.59. The van der Waals surface area contributed by atoms with Gasteiger partial charge in [-0.25, -0.2) is 0 Å². The Hall–Kier alpha value is -1.47. The average molecular weight is 402 g/mol. The predicted octanol–water partition coefficient (Wildman–Crippen LogP) is 3.75. The van der Waals surface area contributed by atoms with Gasteiger partial charge in [0.05, 0.1) is 6.20 Å². The highest BCUT2D eigenvalue weighted by molar-refractivity contribution is 7.99. The third kappa shape index (κ3) is 6.74. The van der Waals surface area contributed by atoms with Crippen molar-refractivity contribution in [3.8, 4) is 11.5 Å². The molecule has 25 heavy (non-hydrogen) atoms. The summed E-state index contributed by atoms with van der Waals surface area (Å²) in [7, 11) is 0. The van der Waals surface area contributed by atoms with Crippen molar-refractivity contribution in [2.75, 3.05) is 23.4 Å². The normalized spacial score (nSPS) is 16.1. The first kappa shape index (κ1) is 21.6. The summed E-state index contributed by atoms with van der Waals surface area (Å²) < 4.78 is 5.83. The molecule has 1 aliphatic heterocycles. The van der Waals surface area contributed by atoms with Gasteiger partial charge in [0.2, 0.25) is 5.91 Å². The maximum atomic E-state index is 12.2. The van der Waals surface area contributed by atoms with Crippen LogP contribution in [0.15, 0.2) is 48.8 Å². The summed E-state index contributed by atoms with van der Waals surface area (Å²) >= 11 is 1.88. The summed E-state index contributed by atoms with van der Waals surface area (Å²) in [5, 5.41) is 6.26. The minimum absolute atomic E-state index is 0. The Morgan fingerprint density at radius 1 is 1.28 bits per heavy atom. The molecule has 0 aliphatic carbocycles. The molecule has 1 aromatic heterocycles. The second kappa shape index (κ2) is 11.2. The molecule has 1 amide bonds. The minimum Gasteiger partial charge on any atom is -0.455 e. The van der Waals surface area contributed by atoms with E-state index in [4.69, 9.17) is 4.74 Å². The predicted molar refractivity (Wildman–Crippen MR) is 108 cm³/mol. The van der Waals surface area contributed by atoms with Gasteiger partial charge in [-0.05, 0) is 12.1 Å². The number of nitrogens with zero attached hydrogens (tertiary/aromatic N) is 1. The summed E-state index contributed by atoms with van der Waals surface area (Å²) in [6.07, 6.45) is 3.71. The summed E-state index contributed by atoms with van der Waals surface area (Å²) in [5.74, 6) is 3.35. The highest BCUT2D eigenvalue weighted by Gasteiger charge is 2.17. The van der Waals surface area contributed by atoms with Crippen LogP contribution in [-0.4, -0.2) is 35.0 Å². The first-order valence-corrected chi connectivity index (χ1v) is 8.74. The van der Waals surface area contributed by atoms with Crippen LogP contribution in [0.4, 0.5) is 5.69 Å². The molecule has 2 N–H and O–H groups in total. The van der Waals surface area contributed by atoms with E-state index in [1.165, 1.54) is 0 Å². The number of para-hydroxylation sites is 1. The molecule has 5 nitrogen and oxygen atoms in total. The summed E-state index contributed by atoms with van der Waals surface area (Å²) in [6.45, 7) is 0.956. The number of carbonyl (C=O) groups is 1. The molecule has 2 aromatic rings. The lowest BCUT2D eigenvalue weighted by Crippen LogP contribution is -2.39. The van der Waals surface area contributed by atoms with E-state index in [0.29, 0.717) is 17.9 Å². The highest BCUT2D eigenvalue weighted by atomic mass is 35.5. The quantitative estimate of drug-likeness (QED) is 0.798. The van der Waals surface area contributed by atoms with Crippen molar-refractivity contribution in [1.82, 2.24) is 10.3 Å². The maximum absolute atomic E-state index is 12.2.